The number of rotatable bonds is 0. The van der Waals surface area contributed by atoms with E-state index in [0.717, 1.165) is 12.0 Å². The summed E-state index contributed by atoms with van der Waals surface area (Å²) in [5, 5.41) is 11.4. The molecule has 2 aliphatic heterocycles. The van der Waals surface area contributed by atoms with Gasteiger partial charge in [0.25, 0.3) is 0 Å². The van der Waals surface area contributed by atoms with Crippen molar-refractivity contribution < 1.29 is 33.2 Å². The fourth-order valence-electron chi connectivity index (χ4n) is 8.01. The van der Waals surface area contributed by atoms with E-state index in [1.807, 2.05) is 13.0 Å². The first kappa shape index (κ1) is 19.6. The van der Waals surface area contributed by atoms with Gasteiger partial charge in [-0.05, 0) is 50.0 Å². The molecule has 0 aromatic rings. The summed E-state index contributed by atoms with van der Waals surface area (Å²) in [6.45, 7) is 4.51. The summed E-state index contributed by atoms with van der Waals surface area (Å²) < 4.78 is 40.8. The van der Waals surface area contributed by atoms with Gasteiger partial charge in [0, 0.05) is 17.8 Å². The van der Waals surface area contributed by atoms with Gasteiger partial charge in [-0.2, -0.15) is 0 Å². The molecule has 2 spiro atoms. The number of ketones is 1. The van der Waals surface area contributed by atoms with Crippen LogP contribution >= 0.6 is 0 Å². The van der Waals surface area contributed by atoms with Crippen LogP contribution in [0.15, 0.2) is 23.8 Å². The van der Waals surface area contributed by atoms with Crippen LogP contribution in [-0.2, 0) is 23.7 Å². The summed E-state index contributed by atoms with van der Waals surface area (Å²) in [5.74, 6) is -1.34. The van der Waals surface area contributed by atoms with Gasteiger partial charge in [0.2, 0.25) is 5.79 Å². The first-order valence-electron chi connectivity index (χ1n) is 11.1. The number of carbonyl (C=O) groups excluding carboxylic acids is 1. The molecule has 0 aromatic heterocycles. The number of fused-ring (bicyclic) bond motifs is 7. The van der Waals surface area contributed by atoms with E-state index in [1.54, 1.807) is 6.08 Å². The first-order chi connectivity index (χ1) is 14.3. The minimum absolute atomic E-state index is 0.00535. The third kappa shape index (κ3) is 2.00. The van der Waals surface area contributed by atoms with Gasteiger partial charge in [-0.3, -0.25) is 4.79 Å². The van der Waals surface area contributed by atoms with Crippen molar-refractivity contribution in [3.63, 3.8) is 0 Å². The Morgan fingerprint density at radius 2 is 1.97 bits per heavy atom. The number of carbonyl (C=O) groups is 1. The van der Waals surface area contributed by atoms with Gasteiger partial charge in [0.1, 0.15) is 12.2 Å². The van der Waals surface area contributed by atoms with E-state index in [4.69, 9.17) is 18.9 Å². The monoisotopic (exact) mass is 420 g/mol. The van der Waals surface area contributed by atoms with E-state index in [0.29, 0.717) is 6.42 Å². The Labute approximate surface area is 175 Å². The minimum Gasteiger partial charge on any atom is -0.390 e. The summed E-state index contributed by atoms with van der Waals surface area (Å²) in [6.07, 6.45) is 5.88. The van der Waals surface area contributed by atoms with E-state index in [1.165, 1.54) is 6.08 Å². The van der Waals surface area contributed by atoms with E-state index in [9.17, 15) is 9.90 Å². The quantitative estimate of drug-likeness (QED) is 0.608. The summed E-state index contributed by atoms with van der Waals surface area (Å²) in [5.41, 5.74) is -2.73. The second kappa shape index (κ2) is 6.01. The lowest BCUT2D eigenvalue weighted by molar-refractivity contribution is -0.248. The molecule has 6 rings (SSSR count). The highest BCUT2D eigenvalue weighted by molar-refractivity contribution is 5.93. The number of ether oxygens (including phenoxy) is 4. The second-order valence-electron chi connectivity index (χ2n) is 10.2. The number of alkyl halides is 1. The Morgan fingerprint density at radius 1 is 1.17 bits per heavy atom. The molecule has 1 N–H and O–H groups in total. The standard InChI is InChI=1S/C23H29FO6/c1-13-7-16-17-4-3-14-8-15(25)5-6-20(14,2)22(17,24)19(26)9-18(16)23(13)21(29-12-30-23)10-27-11-28-21/h3,5-6,13,16-19,26H,4,7-12H2,1-2H3/t13-,16+,17+,18?,19+,20+,21?,22+,23-/m1/s1. The fourth-order valence-corrected chi connectivity index (χ4v) is 8.01. The predicted molar refractivity (Wildman–Crippen MR) is 103 cm³/mol. The molecule has 7 heteroatoms. The van der Waals surface area contributed by atoms with Crippen LogP contribution in [0.2, 0.25) is 0 Å². The maximum absolute atomic E-state index is 17.1. The Kier molecular flexibility index (Phi) is 3.92. The molecule has 0 radical (unpaired) electrons. The van der Waals surface area contributed by atoms with Crippen molar-refractivity contribution in [2.45, 2.75) is 62.7 Å². The summed E-state index contributed by atoms with van der Waals surface area (Å²) in [7, 11) is 0. The average Bonchev–Trinajstić information content (AvgIpc) is 3.40. The Bertz CT molecular complexity index is 843. The highest BCUT2D eigenvalue weighted by Gasteiger charge is 2.77. The van der Waals surface area contributed by atoms with Crippen molar-refractivity contribution in [3.8, 4) is 0 Å². The van der Waals surface area contributed by atoms with Crippen LogP contribution in [0.1, 0.15) is 39.5 Å². The van der Waals surface area contributed by atoms with Crippen molar-refractivity contribution in [2.75, 3.05) is 20.2 Å². The van der Waals surface area contributed by atoms with Crippen molar-refractivity contribution in [3.05, 3.63) is 23.8 Å². The molecule has 2 unspecified atom stereocenters. The van der Waals surface area contributed by atoms with Crippen LogP contribution in [0, 0.1) is 29.1 Å². The van der Waals surface area contributed by atoms with E-state index >= 15 is 4.39 Å². The predicted octanol–water partition coefficient (Wildman–Crippen LogP) is 2.66. The van der Waals surface area contributed by atoms with Crippen molar-refractivity contribution in [2.24, 2.45) is 29.1 Å². The van der Waals surface area contributed by atoms with Crippen molar-refractivity contribution in [1.29, 1.82) is 0 Å². The molecule has 2 heterocycles. The molecule has 4 fully saturated rings. The summed E-state index contributed by atoms with van der Waals surface area (Å²) >= 11 is 0. The maximum atomic E-state index is 17.1. The SMILES string of the molecule is C[C@@H]1C[C@@H]2C(C[C@H](O)[C@@]3(F)[C@H]2CC=C2CC(=O)C=C[C@@]23C)[C@]12OCOC21COCO1. The van der Waals surface area contributed by atoms with E-state index < -0.39 is 28.6 Å². The zero-order valence-electron chi connectivity index (χ0n) is 17.4. The van der Waals surface area contributed by atoms with E-state index in [2.05, 4.69) is 6.92 Å². The number of hydrogen-bond donors (Lipinski definition) is 1. The molecule has 6 nitrogen and oxygen atoms in total. The first-order valence-corrected chi connectivity index (χ1v) is 11.1. The lowest BCUT2D eigenvalue weighted by Crippen LogP contribution is -2.67. The van der Waals surface area contributed by atoms with Gasteiger partial charge in [0.15, 0.2) is 25.0 Å². The van der Waals surface area contributed by atoms with E-state index in [-0.39, 0.29) is 62.5 Å². The maximum Gasteiger partial charge on any atom is 0.226 e. The van der Waals surface area contributed by atoms with Gasteiger partial charge in [-0.25, -0.2) is 4.39 Å². The summed E-state index contributed by atoms with van der Waals surface area (Å²) in [4.78, 5) is 12.0. The number of aliphatic hydroxyl groups is 1. The molecule has 0 aromatic carbocycles. The summed E-state index contributed by atoms with van der Waals surface area (Å²) in [6, 6.07) is 0. The van der Waals surface area contributed by atoms with Gasteiger partial charge in [-0.1, -0.05) is 24.6 Å². The fraction of sp³-hybridized carbons (Fsp3) is 0.783. The normalized spacial score (nSPS) is 56.9. The Balaban J connectivity index is 1.45. The minimum atomic E-state index is -1.82. The van der Waals surface area contributed by atoms with Crippen LogP contribution in [0.5, 0.6) is 0 Å². The molecule has 6 aliphatic rings. The molecule has 164 valence electrons. The lowest BCUT2D eigenvalue weighted by atomic mass is 9.48. The smallest absolute Gasteiger partial charge is 0.226 e. The molecular weight excluding hydrogens is 391 g/mol. The third-order valence-corrected chi connectivity index (χ3v) is 9.35. The number of hydrogen-bond acceptors (Lipinski definition) is 6. The van der Waals surface area contributed by atoms with Crippen LogP contribution in [0.3, 0.4) is 0 Å². The molecule has 4 aliphatic carbocycles. The van der Waals surface area contributed by atoms with Gasteiger partial charge in [-0.15, -0.1) is 0 Å². The molecule has 0 bridgehead atoms. The second-order valence-corrected chi connectivity index (χ2v) is 10.2. The van der Waals surface area contributed by atoms with Crippen LogP contribution in [0.25, 0.3) is 0 Å². The molecule has 2 saturated carbocycles. The molecule has 2 saturated heterocycles. The topological polar surface area (TPSA) is 74.2 Å². The lowest BCUT2D eigenvalue weighted by Gasteiger charge is -2.59. The highest BCUT2D eigenvalue weighted by atomic mass is 19.1. The molecule has 9 atom stereocenters. The zero-order valence-corrected chi connectivity index (χ0v) is 17.4. The Morgan fingerprint density at radius 3 is 2.73 bits per heavy atom. The van der Waals surface area contributed by atoms with Crippen molar-refractivity contribution in [1.82, 2.24) is 0 Å². The molecular formula is C23H29FO6. The van der Waals surface area contributed by atoms with Gasteiger partial charge in [0.05, 0.1) is 6.10 Å². The third-order valence-electron chi connectivity index (χ3n) is 9.35. The van der Waals surface area contributed by atoms with Gasteiger partial charge < -0.3 is 24.1 Å². The highest BCUT2D eigenvalue weighted by Crippen LogP contribution is 2.69. The van der Waals surface area contributed by atoms with Crippen LogP contribution in [0.4, 0.5) is 4.39 Å². The zero-order chi connectivity index (χ0) is 20.9. The average molecular weight is 420 g/mol. The molecule has 30 heavy (non-hydrogen) atoms. The number of aliphatic hydroxyl groups excluding tert-OH is 1. The van der Waals surface area contributed by atoms with Gasteiger partial charge >= 0.3 is 0 Å². The van der Waals surface area contributed by atoms with Crippen LogP contribution in [-0.4, -0.2) is 54.2 Å². The number of allylic oxidation sites excluding steroid dienone is 4. The van der Waals surface area contributed by atoms with Crippen LogP contribution < -0.4 is 0 Å². The van der Waals surface area contributed by atoms with Crippen molar-refractivity contribution >= 4 is 5.78 Å². The number of halogens is 1. The Hall–Kier alpha value is -1.12. The largest absolute Gasteiger partial charge is 0.390 e. The molecule has 0 amide bonds.